The zero-order valence-corrected chi connectivity index (χ0v) is 27.5. The zero-order valence-electron chi connectivity index (χ0n) is 23.6. The average molecular weight is 600 g/mol. The van der Waals surface area contributed by atoms with E-state index in [1.807, 2.05) is 0 Å². The quantitative estimate of drug-likeness (QED) is 0.186. The van der Waals surface area contributed by atoms with Gasteiger partial charge in [-0.2, -0.15) is 0 Å². The predicted octanol–water partition coefficient (Wildman–Crippen LogP) is 8.80. The predicted molar refractivity (Wildman–Crippen MR) is 160 cm³/mol. The summed E-state index contributed by atoms with van der Waals surface area (Å²) in [7, 11) is -2.41. The van der Waals surface area contributed by atoms with Gasteiger partial charge in [-0.3, -0.25) is 0 Å². The SMILES string of the molecule is CCC[CH2][Sn]([CH2]CCC)([CH2]CCC)[C@@H]1C[C@H]1CO[Si](c1ccccc1)(c1ccccc1)C(C)(C)C. The summed E-state index contributed by atoms with van der Waals surface area (Å²) in [4.78, 5) is 0. The molecule has 0 aliphatic heterocycles. The molecule has 0 aromatic heterocycles. The molecule has 0 heterocycles. The first-order valence-electron chi connectivity index (χ1n) is 14.6. The number of hydrogen-bond donors (Lipinski definition) is 0. The van der Waals surface area contributed by atoms with Crippen LogP contribution in [0.1, 0.15) is 86.5 Å². The first-order valence-corrected chi connectivity index (χ1v) is 24.2. The Morgan fingerprint density at radius 1 is 0.743 bits per heavy atom. The van der Waals surface area contributed by atoms with E-state index in [1.165, 1.54) is 55.3 Å². The third kappa shape index (κ3) is 6.84. The van der Waals surface area contributed by atoms with Gasteiger partial charge in [0.25, 0.3) is 0 Å². The van der Waals surface area contributed by atoms with Crippen LogP contribution in [0.5, 0.6) is 0 Å². The number of rotatable bonds is 15. The number of unbranched alkanes of at least 4 members (excludes halogenated alkanes) is 3. The van der Waals surface area contributed by atoms with Crippen LogP contribution in [0, 0.1) is 5.92 Å². The Labute approximate surface area is 222 Å². The van der Waals surface area contributed by atoms with Crippen LogP contribution in [0.2, 0.25) is 22.3 Å². The number of hydrogen-bond acceptors (Lipinski definition) is 1. The average Bonchev–Trinajstić information content (AvgIpc) is 3.65. The summed E-state index contributed by atoms with van der Waals surface area (Å²) in [6.45, 7) is 15.4. The second kappa shape index (κ2) is 13.3. The van der Waals surface area contributed by atoms with Gasteiger partial charge < -0.3 is 0 Å². The van der Waals surface area contributed by atoms with Crippen LogP contribution < -0.4 is 10.4 Å². The Morgan fingerprint density at radius 3 is 1.54 bits per heavy atom. The van der Waals surface area contributed by atoms with Crippen molar-refractivity contribution >= 4 is 37.1 Å². The molecular formula is C32H52OSiSn. The Kier molecular flexibility index (Phi) is 11.0. The molecule has 0 amide bonds. The van der Waals surface area contributed by atoms with E-state index in [9.17, 15) is 0 Å². The fraction of sp³-hybridized carbons (Fsp3) is 0.625. The van der Waals surface area contributed by atoms with Gasteiger partial charge >= 0.3 is 223 Å². The van der Waals surface area contributed by atoms with E-state index in [0.29, 0.717) is 0 Å². The van der Waals surface area contributed by atoms with E-state index >= 15 is 0 Å². The molecule has 1 fully saturated rings. The van der Waals surface area contributed by atoms with Crippen LogP contribution in [0.4, 0.5) is 0 Å². The molecule has 2 atom stereocenters. The Hall–Kier alpha value is -0.584. The molecular weight excluding hydrogens is 547 g/mol. The molecule has 0 spiro atoms. The standard InChI is InChI=1S/C20H25OSi.3C4H9.Sn/c1-20(2,3)22(21-16-17-14-15-17,18-10-6-4-7-11-18)19-12-8-5-9-13-19;3*1-3-4-2;/h4-14,17H,15-16H2,1-3H3;3*1,3-4H2,2H3;/t17-;;;;/m0..../s1. The van der Waals surface area contributed by atoms with Gasteiger partial charge in [-0.15, -0.1) is 0 Å². The minimum atomic E-state index is -2.41. The summed E-state index contributed by atoms with van der Waals surface area (Å²) in [5, 5.41) is 2.93. The van der Waals surface area contributed by atoms with Crippen molar-refractivity contribution in [3.05, 3.63) is 60.7 Å². The van der Waals surface area contributed by atoms with Gasteiger partial charge in [0.2, 0.25) is 0 Å². The molecule has 0 unspecified atom stereocenters. The zero-order chi connectivity index (χ0) is 25.4. The van der Waals surface area contributed by atoms with E-state index in [1.54, 1.807) is 13.3 Å². The van der Waals surface area contributed by atoms with E-state index in [-0.39, 0.29) is 5.04 Å². The summed E-state index contributed by atoms with van der Waals surface area (Å²) >= 11 is -2.17. The van der Waals surface area contributed by atoms with Crippen molar-refractivity contribution in [3.63, 3.8) is 0 Å². The van der Waals surface area contributed by atoms with E-state index in [4.69, 9.17) is 4.43 Å². The summed E-state index contributed by atoms with van der Waals surface area (Å²) in [6, 6.07) is 22.5. The van der Waals surface area contributed by atoms with Crippen LogP contribution >= 0.6 is 0 Å². The molecule has 1 saturated carbocycles. The Morgan fingerprint density at radius 2 is 1.17 bits per heavy atom. The molecule has 0 N–H and O–H groups in total. The molecule has 194 valence electrons. The van der Waals surface area contributed by atoms with Crippen molar-refractivity contribution < 1.29 is 4.43 Å². The summed E-state index contributed by atoms with van der Waals surface area (Å²) in [5.74, 6) is 0.818. The molecule has 0 bridgehead atoms. The van der Waals surface area contributed by atoms with E-state index in [2.05, 4.69) is 102 Å². The molecule has 3 rings (SSSR count). The normalized spacial score (nSPS) is 18.6. The molecule has 2 aromatic rings. The fourth-order valence-corrected chi connectivity index (χ4v) is 31.1. The van der Waals surface area contributed by atoms with E-state index < -0.39 is 26.7 Å². The maximum atomic E-state index is 7.40. The van der Waals surface area contributed by atoms with Gasteiger partial charge in [0.05, 0.1) is 0 Å². The van der Waals surface area contributed by atoms with Crippen LogP contribution in [-0.4, -0.2) is 33.3 Å². The molecule has 2 aromatic carbocycles. The first kappa shape index (κ1) is 29.0. The van der Waals surface area contributed by atoms with Crippen molar-refractivity contribution in [1.29, 1.82) is 0 Å². The summed E-state index contributed by atoms with van der Waals surface area (Å²) in [5.41, 5.74) is 0. The van der Waals surface area contributed by atoms with Gasteiger partial charge in [0, 0.05) is 0 Å². The van der Waals surface area contributed by atoms with Gasteiger partial charge in [-0.25, -0.2) is 0 Å². The van der Waals surface area contributed by atoms with Crippen LogP contribution in [-0.2, 0) is 4.43 Å². The van der Waals surface area contributed by atoms with Gasteiger partial charge in [-0.1, -0.05) is 0 Å². The van der Waals surface area contributed by atoms with Gasteiger partial charge in [-0.05, 0) is 0 Å². The second-order valence-electron chi connectivity index (χ2n) is 12.2. The van der Waals surface area contributed by atoms with Crippen LogP contribution in [0.25, 0.3) is 0 Å². The maximum absolute atomic E-state index is 7.40. The van der Waals surface area contributed by atoms with Crippen molar-refractivity contribution in [2.24, 2.45) is 5.92 Å². The number of benzene rings is 2. The van der Waals surface area contributed by atoms with Gasteiger partial charge in [0.15, 0.2) is 0 Å². The van der Waals surface area contributed by atoms with Crippen molar-refractivity contribution in [3.8, 4) is 0 Å². The van der Waals surface area contributed by atoms with Crippen molar-refractivity contribution in [2.45, 2.75) is 109 Å². The summed E-state index contributed by atoms with van der Waals surface area (Å²) in [6.07, 6.45) is 9.99. The third-order valence-corrected chi connectivity index (χ3v) is 31.8. The Balaban J connectivity index is 1.89. The van der Waals surface area contributed by atoms with Crippen molar-refractivity contribution in [2.75, 3.05) is 6.61 Å². The fourth-order valence-electron chi connectivity index (χ4n) is 6.69. The molecule has 3 heteroatoms. The minimum absolute atomic E-state index is 0.0765. The molecule has 1 nitrogen and oxygen atoms in total. The first-order chi connectivity index (χ1) is 16.8. The van der Waals surface area contributed by atoms with Crippen LogP contribution in [0.15, 0.2) is 60.7 Å². The van der Waals surface area contributed by atoms with Crippen LogP contribution in [0.3, 0.4) is 0 Å². The van der Waals surface area contributed by atoms with Crippen molar-refractivity contribution in [1.82, 2.24) is 0 Å². The molecule has 0 radical (unpaired) electrons. The monoisotopic (exact) mass is 600 g/mol. The Bertz CT molecular complexity index is 799. The molecule has 1 aliphatic rings. The molecule has 1 aliphatic carbocycles. The second-order valence-corrected chi connectivity index (χ2v) is 30.7. The molecule has 35 heavy (non-hydrogen) atoms. The van der Waals surface area contributed by atoms with E-state index in [0.717, 1.165) is 16.5 Å². The molecule has 0 saturated heterocycles. The van der Waals surface area contributed by atoms with Gasteiger partial charge in [0.1, 0.15) is 0 Å². The summed E-state index contributed by atoms with van der Waals surface area (Å²) < 4.78 is 13.4. The third-order valence-electron chi connectivity index (χ3n) is 8.72. The topological polar surface area (TPSA) is 9.23 Å².